The van der Waals surface area contributed by atoms with E-state index in [0.29, 0.717) is 6.54 Å². The minimum absolute atomic E-state index is 0.635. The van der Waals surface area contributed by atoms with Gasteiger partial charge in [-0.25, -0.2) is 0 Å². The van der Waals surface area contributed by atoms with Crippen molar-refractivity contribution in [3.05, 3.63) is 28.2 Å². The number of halogens is 1. The Bertz CT molecular complexity index is 331. The molecule has 0 radical (unpaired) electrons. The number of methoxy groups -OCH3 is 1. The molecular weight excluding hydrogens is 282 g/mol. The Morgan fingerprint density at radius 2 is 2.00 bits per heavy atom. The summed E-state index contributed by atoms with van der Waals surface area (Å²) in [5, 5.41) is 0. The maximum absolute atomic E-state index is 5.76. The summed E-state index contributed by atoms with van der Waals surface area (Å²) < 4.78 is 11.8. The van der Waals surface area contributed by atoms with E-state index in [-0.39, 0.29) is 0 Å². The summed E-state index contributed by atoms with van der Waals surface area (Å²) in [6, 6.07) is 6.05. The van der Waals surface area contributed by atoms with Crippen LogP contribution >= 0.6 is 15.9 Å². The summed E-state index contributed by atoms with van der Waals surface area (Å²) in [5.74, 6) is 0.941. The van der Waals surface area contributed by atoms with Gasteiger partial charge in [-0.15, -0.1) is 0 Å². The Morgan fingerprint density at radius 3 is 2.71 bits per heavy atom. The van der Waals surface area contributed by atoms with Gasteiger partial charge in [0.2, 0.25) is 0 Å². The molecule has 0 heterocycles. The average Bonchev–Trinajstić information content (AvgIpc) is 2.32. The van der Waals surface area contributed by atoms with Gasteiger partial charge in [0.25, 0.3) is 0 Å². The molecule has 0 atom stereocenters. The molecule has 0 bridgehead atoms. The first-order valence-corrected chi connectivity index (χ1v) is 6.67. The van der Waals surface area contributed by atoms with E-state index < -0.39 is 0 Å². The molecule has 1 rings (SSSR count). The molecule has 1 aromatic carbocycles. The van der Waals surface area contributed by atoms with Crippen LogP contribution in [0.3, 0.4) is 0 Å². The number of unbranched alkanes of at least 4 members (excludes halogenated alkanes) is 1. The maximum atomic E-state index is 5.76. The predicted octanol–water partition coefficient (Wildman–Crippen LogP) is 2.76. The fourth-order valence-electron chi connectivity index (χ4n) is 1.57. The molecule has 0 saturated carbocycles. The fraction of sp³-hybridized carbons (Fsp3) is 0.538. The molecule has 0 aromatic heterocycles. The van der Waals surface area contributed by atoms with E-state index in [1.54, 1.807) is 7.11 Å². The molecule has 4 heteroatoms. The Hall–Kier alpha value is -0.580. The van der Waals surface area contributed by atoms with Crippen molar-refractivity contribution in [2.75, 3.05) is 26.9 Å². The number of nitrogens with two attached hydrogens (primary N) is 1. The van der Waals surface area contributed by atoms with E-state index in [0.717, 1.165) is 48.3 Å². The first-order chi connectivity index (χ1) is 8.27. The molecular formula is C13H20BrNO2. The van der Waals surface area contributed by atoms with Crippen molar-refractivity contribution >= 4 is 15.9 Å². The molecule has 0 aliphatic rings. The zero-order valence-electron chi connectivity index (χ0n) is 10.2. The molecule has 0 saturated heterocycles. The second-order valence-electron chi connectivity index (χ2n) is 3.84. The van der Waals surface area contributed by atoms with Crippen molar-refractivity contribution in [2.45, 2.75) is 19.3 Å². The van der Waals surface area contributed by atoms with Crippen molar-refractivity contribution in [3.63, 3.8) is 0 Å². The zero-order valence-corrected chi connectivity index (χ0v) is 11.8. The van der Waals surface area contributed by atoms with E-state index in [9.17, 15) is 0 Å². The molecule has 17 heavy (non-hydrogen) atoms. The highest BCUT2D eigenvalue weighted by atomic mass is 79.9. The van der Waals surface area contributed by atoms with Crippen LogP contribution in [0.5, 0.6) is 5.75 Å². The van der Waals surface area contributed by atoms with E-state index in [1.165, 1.54) is 0 Å². The molecule has 3 nitrogen and oxygen atoms in total. The fourth-order valence-corrected chi connectivity index (χ4v) is 1.98. The smallest absolute Gasteiger partial charge is 0.122 e. The van der Waals surface area contributed by atoms with Crippen LogP contribution in [0.15, 0.2) is 22.7 Å². The van der Waals surface area contributed by atoms with E-state index >= 15 is 0 Å². The third-order valence-electron chi connectivity index (χ3n) is 2.44. The summed E-state index contributed by atoms with van der Waals surface area (Å²) in [5.41, 5.74) is 6.75. The van der Waals surface area contributed by atoms with Crippen molar-refractivity contribution in [1.82, 2.24) is 0 Å². The van der Waals surface area contributed by atoms with Gasteiger partial charge in [-0.2, -0.15) is 0 Å². The highest BCUT2D eigenvalue weighted by Gasteiger charge is 2.03. The maximum Gasteiger partial charge on any atom is 0.122 e. The third kappa shape index (κ3) is 5.52. The van der Waals surface area contributed by atoms with Crippen molar-refractivity contribution < 1.29 is 9.47 Å². The molecule has 0 aliphatic carbocycles. The van der Waals surface area contributed by atoms with Crippen LogP contribution in [0, 0.1) is 0 Å². The SMILES string of the molecule is COCCCCOc1ccc(Br)cc1CCN. The van der Waals surface area contributed by atoms with Crippen LogP contribution in [0.1, 0.15) is 18.4 Å². The molecule has 0 unspecified atom stereocenters. The monoisotopic (exact) mass is 301 g/mol. The van der Waals surface area contributed by atoms with E-state index in [2.05, 4.69) is 22.0 Å². The topological polar surface area (TPSA) is 44.5 Å². The van der Waals surface area contributed by atoms with Gasteiger partial charge < -0.3 is 15.2 Å². The Balaban J connectivity index is 2.45. The van der Waals surface area contributed by atoms with Crippen LogP contribution in [0.2, 0.25) is 0 Å². The lowest BCUT2D eigenvalue weighted by Gasteiger charge is -2.11. The first kappa shape index (κ1) is 14.5. The number of rotatable bonds is 8. The predicted molar refractivity (Wildman–Crippen MR) is 73.5 cm³/mol. The van der Waals surface area contributed by atoms with Crippen molar-refractivity contribution in [2.24, 2.45) is 5.73 Å². The molecule has 0 fully saturated rings. The van der Waals surface area contributed by atoms with Gasteiger partial charge in [-0.3, -0.25) is 0 Å². The number of hydrogen-bond acceptors (Lipinski definition) is 3. The molecule has 2 N–H and O–H groups in total. The third-order valence-corrected chi connectivity index (χ3v) is 2.93. The minimum Gasteiger partial charge on any atom is -0.493 e. The second-order valence-corrected chi connectivity index (χ2v) is 4.75. The summed E-state index contributed by atoms with van der Waals surface area (Å²) >= 11 is 3.46. The van der Waals surface area contributed by atoms with E-state index in [1.807, 2.05) is 12.1 Å². The number of ether oxygens (including phenoxy) is 2. The Labute approximate surface area is 111 Å². The highest BCUT2D eigenvalue weighted by Crippen LogP contribution is 2.23. The summed E-state index contributed by atoms with van der Waals surface area (Å²) in [4.78, 5) is 0. The van der Waals surface area contributed by atoms with Crippen molar-refractivity contribution in [3.8, 4) is 5.75 Å². The lowest BCUT2D eigenvalue weighted by Crippen LogP contribution is -2.06. The van der Waals surface area contributed by atoms with Crippen LogP contribution in [-0.4, -0.2) is 26.9 Å². The number of benzene rings is 1. The standard InChI is InChI=1S/C13H20BrNO2/c1-16-8-2-3-9-17-13-5-4-12(14)10-11(13)6-7-15/h4-5,10H,2-3,6-9,15H2,1H3. The molecule has 0 spiro atoms. The van der Waals surface area contributed by atoms with Gasteiger partial charge in [-0.05, 0) is 49.6 Å². The van der Waals surface area contributed by atoms with Gasteiger partial charge in [0, 0.05) is 18.2 Å². The zero-order chi connectivity index (χ0) is 12.5. The average molecular weight is 302 g/mol. The highest BCUT2D eigenvalue weighted by molar-refractivity contribution is 9.10. The normalized spacial score (nSPS) is 10.5. The van der Waals surface area contributed by atoms with Crippen LogP contribution < -0.4 is 10.5 Å². The molecule has 0 amide bonds. The Morgan fingerprint density at radius 1 is 1.24 bits per heavy atom. The summed E-state index contributed by atoms with van der Waals surface area (Å²) in [6.45, 7) is 2.15. The van der Waals surface area contributed by atoms with Crippen LogP contribution in [0.25, 0.3) is 0 Å². The first-order valence-electron chi connectivity index (χ1n) is 5.88. The Kier molecular flexibility index (Phi) is 7.24. The molecule has 96 valence electrons. The summed E-state index contributed by atoms with van der Waals surface area (Å²) in [6.07, 6.45) is 2.87. The minimum atomic E-state index is 0.635. The summed E-state index contributed by atoms with van der Waals surface area (Å²) in [7, 11) is 1.72. The van der Waals surface area contributed by atoms with Gasteiger partial charge in [0.05, 0.1) is 6.61 Å². The van der Waals surface area contributed by atoms with Crippen LogP contribution in [-0.2, 0) is 11.2 Å². The quantitative estimate of drug-likeness (QED) is 0.751. The lowest BCUT2D eigenvalue weighted by molar-refractivity contribution is 0.184. The molecule has 0 aliphatic heterocycles. The molecule has 1 aromatic rings. The van der Waals surface area contributed by atoms with Gasteiger partial charge in [-0.1, -0.05) is 15.9 Å². The largest absolute Gasteiger partial charge is 0.493 e. The van der Waals surface area contributed by atoms with Gasteiger partial charge >= 0.3 is 0 Å². The lowest BCUT2D eigenvalue weighted by atomic mass is 10.1. The van der Waals surface area contributed by atoms with Crippen LogP contribution in [0.4, 0.5) is 0 Å². The number of hydrogen-bond donors (Lipinski definition) is 1. The second kappa shape index (κ2) is 8.50. The van der Waals surface area contributed by atoms with Gasteiger partial charge in [0.15, 0.2) is 0 Å². The van der Waals surface area contributed by atoms with Crippen molar-refractivity contribution in [1.29, 1.82) is 0 Å². The van der Waals surface area contributed by atoms with Gasteiger partial charge in [0.1, 0.15) is 5.75 Å². The van der Waals surface area contributed by atoms with E-state index in [4.69, 9.17) is 15.2 Å².